The Labute approximate surface area is 139 Å². The van der Waals surface area contributed by atoms with Crippen LogP contribution in [0, 0.1) is 5.92 Å². The second-order valence-corrected chi connectivity index (χ2v) is 8.38. The summed E-state index contributed by atoms with van der Waals surface area (Å²) in [6.45, 7) is 14.4. The van der Waals surface area contributed by atoms with Gasteiger partial charge in [-0.05, 0) is 57.7 Å². The molecule has 0 saturated heterocycles. The van der Waals surface area contributed by atoms with Crippen molar-refractivity contribution in [2.45, 2.75) is 66.1 Å². The van der Waals surface area contributed by atoms with Gasteiger partial charge in [-0.3, -0.25) is 0 Å². The third-order valence-corrected chi connectivity index (χ3v) is 4.20. The van der Waals surface area contributed by atoms with Gasteiger partial charge in [-0.25, -0.2) is 0 Å². The van der Waals surface area contributed by atoms with E-state index >= 15 is 0 Å². The molecule has 1 unspecified atom stereocenters. The van der Waals surface area contributed by atoms with E-state index in [0.29, 0.717) is 12.0 Å². The third kappa shape index (κ3) is 6.39. The normalized spacial score (nSPS) is 13.6. The Hall–Kier alpha value is -0.540. The molecule has 1 aromatic carbocycles. The lowest BCUT2D eigenvalue weighted by atomic mass is 10.0. The van der Waals surface area contributed by atoms with Gasteiger partial charge in [0.1, 0.15) is 0 Å². The SMILES string of the molecule is CC(C)CC(C)N(C)c1cc(Br)ccc1CNC(C)(C)C. The van der Waals surface area contributed by atoms with Crippen LogP contribution in [0.15, 0.2) is 22.7 Å². The van der Waals surface area contributed by atoms with Gasteiger partial charge in [0.05, 0.1) is 0 Å². The predicted octanol–water partition coefficient (Wildman–Crippen LogP) is 5.21. The molecule has 1 aromatic rings. The first-order chi connectivity index (χ1) is 9.60. The highest BCUT2D eigenvalue weighted by molar-refractivity contribution is 9.10. The first-order valence-corrected chi connectivity index (χ1v) is 8.65. The molecule has 0 amide bonds. The smallest absolute Gasteiger partial charge is 0.0422 e. The number of hydrogen-bond donors (Lipinski definition) is 1. The molecule has 0 aliphatic rings. The molecule has 0 fully saturated rings. The van der Waals surface area contributed by atoms with Gasteiger partial charge in [-0.15, -0.1) is 0 Å². The van der Waals surface area contributed by atoms with Crippen molar-refractivity contribution in [3.8, 4) is 0 Å². The zero-order valence-corrected chi connectivity index (χ0v) is 16.2. The van der Waals surface area contributed by atoms with Crippen molar-refractivity contribution in [1.82, 2.24) is 5.32 Å². The highest BCUT2D eigenvalue weighted by Gasteiger charge is 2.17. The van der Waals surface area contributed by atoms with E-state index in [0.717, 1.165) is 11.0 Å². The molecule has 2 nitrogen and oxygen atoms in total. The second kappa shape index (κ2) is 7.64. The monoisotopic (exact) mass is 354 g/mol. The van der Waals surface area contributed by atoms with Gasteiger partial charge in [0.25, 0.3) is 0 Å². The number of rotatable bonds is 6. The lowest BCUT2D eigenvalue weighted by Gasteiger charge is -2.31. The van der Waals surface area contributed by atoms with E-state index in [1.165, 1.54) is 17.7 Å². The molecule has 1 N–H and O–H groups in total. The van der Waals surface area contributed by atoms with Gasteiger partial charge in [0.15, 0.2) is 0 Å². The number of nitrogens with zero attached hydrogens (tertiary/aromatic N) is 1. The highest BCUT2D eigenvalue weighted by atomic mass is 79.9. The summed E-state index contributed by atoms with van der Waals surface area (Å²) in [5.74, 6) is 0.714. The molecule has 0 saturated carbocycles. The molecule has 1 atom stereocenters. The second-order valence-electron chi connectivity index (χ2n) is 7.47. The Bertz CT molecular complexity index is 449. The number of hydrogen-bond acceptors (Lipinski definition) is 2. The van der Waals surface area contributed by atoms with Crippen LogP contribution < -0.4 is 10.2 Å². The van der Waals surface area contributed by atoms with E-state index in [9.17, 15) is 0 Å². The summed E-state index contributed by atoms with van der Waals surface area (Å²) in [7, 11) is 2.20. The van der Waals surface area contributed by atoms with Gasteiger partial charge in [0, 0.05) is 35.3 Å². The van der Waals surface area contributed by atoms with E-state index in [1.54, 1.807) is 0 Å². The molecule has 0 bridgehead atoms. The summed E-state index contributed by atoms with van der Waals surface area (Å²) in [6.07, 6.45) is 1.20. The number of anilines is 1. The molecule has 1 rings (SSSR count). The summed E-state index contributed by atoms with van der Waals surface area (Å²) < 4.78 is 1.14. The van der Waals surface area contributed by atoms with E-state index in [-0.39, 0.29) is 5.54 Å². The molecule has 3 heteroatoms. The van der Waals surface area contributed by atoms with Crippen LogP contribution in [0.2, 0.25) is 0 Å². The van der Waals surface area contributed by atoms with E-state index in [2.05, 4.69) is 92.9 Å². The average Bonchev–Trinajstić information content (AvgIpc) is 2.34. The minimum Gasteiger partial charge on any atom is -0.372 e. The fraction of sp³-hybridized carbons (Fsp3) is 0.667. The lowest BCUT2D eigenvalue weighted by Crippen LogP contribution is -2.36. The molecular formula is C18H31BrN2. The molecule has 0 heterocycles. The summed E-state index contributed by atoms with van der Waals surface area (Å²) >= 11 is 3.61. The average molecular weight is 355 g/mol. The quantitative estimate of drug-likeness (QED) is 0.754. The lowest BCUT2D eigenvalue weighted by molar-refractivity contribution is 0.423. The Kier molecular flexibility index (Phi) is 6.73. The highest BCUT2D eigenvalue weighted by Crippen LogP contribution is 2.27. The molecule has 0 aliphatic carbocycles. The van der Waals surface area contributed by atoms with Crippen molar-refractivity contribution >= 4 is 21.6 Å². The standard InChI is InChI=1S/C18H31BrN2/c1-13(2)10-14(3)21(7)17-11-16(19)9-8-15(17)12-20-18(4,5)6/h8-9,11,13-14,20H,10,12H2,1-7H3. The Morgan fingerprint density at radius 1 is 1.19 bits per heavy atom. The van der Waals surface area contributed by atoms with Crippen molar-refractivity contribution in [2.75, 3.05) is 11.9 Å². The topological polar surface area (TPSA) is 15.3 Å². The van der Waals surface area contributed by atoms with Crippen LogP contribution in [0.5, 0.6) is 0 Å². The molecule has 0 radical (unpaired) electrons. The van der Waals surface area contributed by atoms with E-state index < -0.39 is 0 Å². The Balaban J connectivity index is 2.95. The maximum atomic E-state index is 3.61. The van der Waals surface area contributed by atoms with Gasteiger partial charge < -0.3 is 10.2 Å². The first-order valence-electron chi connectivity index (χ1n) is 7.86. The molecule has 0 aromatic heterocycles. The fourth-order valence-corrected chi connectivity index (χ4v) is 2.80. The van der Waals surface area contributed by atoms with Crippen molar-refractivity contribution in [1.29, 1.82) is 0 Å². The zero-order valence-electron chi connectivity index (χ0n) is 14.6. The van der Waals surface area contributed by atoms with Gasteiger partial charge in [-0.2, -0.15) is 0 Å². The molecular weight excluding hydrogens is 324 g/mol. The molecule has 0 aliphatic heterocycles. The maximum absolute atomic E-state index is 3.61. The number of halogens is 1. The fourth-order valence-electron chi connectivity index (χ4n) is 2.45. The predicted molar refractivity (Wildman–Crippen MR) is 98.1 cm³/mol. The maximum Gasteiger partial charge on any atom is 0.0422 e. The molecule has 21 heavy (non-hydrogen) atoms. The minimum absolute atomic E-state index is 0.131. The number of nitrogens with one attached hydrogen (secondary N) is 1. The first kappa shape index (κ1) is 18.5. The third-order valence-electron chi connectivity index (χ3n) is 3.71. The van der Waals surface area contributed by atoms with Gasteiger partial charge in [0.2, 0.25) is 0 Å². The van der Waals surface area contributed by atoms with Crippen LogP contribution in [0.4, 0.5) is 5.69 Å². The summed E-state index contributed by atoms with van der Waals surface area (Å²) in [5.41, 5.74) is 2.80. The summed E-state index contributed by atoms with van der Waals surface area (Å²) in [5, 5.41) is 3.59. The van der Waals surface area contributed by atoms with E-state index in [4.69, 9.17) is 0 Å². The summed E-state index contributed by atoms with van der Waals surface area (Å²) in [4.78, 5) is 2.41. The van der Waals surface area contributed by atoms with Crippen molar-refractivity contribution in [2.24, 2.45) is 5.92 Å². The van der Waals surface area contributed by atoms with Crippen LogP contribution in [-0.2, 0) is 6.54 Å². The Morgan fingerprint density at radius 3 is 2.33 bits per heavy atom. The van der Waals surface area contributed by atoms with Crippen LogP contribution >= 0.6 is 15.9 Å². The molecule has 0 spiro atoms. The van der Waals surface area contributed by atoms with Crippen LogP contribution in [-0.4, -0.2) is 18.6 Å². The number of benzene rings is 1. The molecule has 120 valence electrons. The zero-order chi connectivity index (χ0) is 16.2. The van der Waals surface area contributed by atoms with Crippen molar-refractivity contribution in [3.63, 3.8) is 0 Å². The van der Waals surface area contributed by atoms with Crippen LogP contribution in [0.3, 0.4) is 0 Å². The van der Waals surface area contributed by atoms with Gasteiger partial charge >= 0.3 is 0 Å². The van der Waals surface area contributed by atoms with Crippen molar-refractivity contribution in [3.05, 3.63) is 28.2 Å². The summed E-state index contributed by atoms with van der Waals surface area (Å²) in [6, 6.07) is 7.12. The van der Waals surface area contributed by atoms with Gasteiger partial charge in [-0.1, -0.05) is 35.8 Å². The van der Waals surface area contributed by atoms with Crippen molar-refractivity contribution < 1.29 is 0 Å². The minimum atomic E-state index is 0.131. The Morgan fingerprint density at radius 2 is 1.81 bits per heavy atom. The van der Waals surface area contributed by atoms with Crippen LogP contribution in [0.25, 0.3) is 0 Å². The van der Waals surface area contributed by atoms with E-state index in [1.807, 2.05) is 0 Å². The largest absolute Gasteiger partial charge is 0.372 e. The van der Waals surface area contributed by atoms with Crippen LogP contribution in [0.1, 0.15) is 53.5 Å².